The number of hydrogen-bond acceptors (Lipinski definition) is 8. The van der Waals surface area contributed by atoms with Gasteiger partial charge in [0.15, 0.2) is 9.84 Å². The van der Waals surface area contributed by atoms with Gasteiger partial charge in [-0.2, -0.15) is 22.7 Å². The average molecular weight is 521 g/mol. The zero-order chi connectivity index (χ0) is 25.5. The van der Waals surface area contributed by atoms with Gasteiger partial charge in [0.05, 0.1) is 35.8 Å². The lowest BCUT2D eigenvalue weighted by Gasteiger charge is -2.26. The monoisotopic (exact) mass is 520 g/mol. The van der Waals surface area contributed by atoms with Gasteiger partial charge in [0.1, 0.15) is 21.5 Å². The van der Waals surface area contributed by atoms with Gasteiger partial charge in [-0.25, -0.2) is 16.8 Å². The molecule has 14 heteroatoms. The summed E-state index contributed by atoms with van der Waals surface area (Å²) in [6.07, 6.45) is -4.70. The second-order valence-corrected chi connectivity index (χ2v) is 11.6. The van der Waals surface area contributed by atoms with E-state index in [0.29, 0.717) is 28.6 Å². The minimum Gasteiger partial charge on any atom is -0.495 e. The van der Waals surface area contributed by atoms with Gasteiger partial charge in [-0.1, -0.05) is 0 Å². The maximum Gasteiger partial charge on any atom is 0.416 e. The summed E-state index contributed by atoms with van der Waals surface area (Å²) in [5.74, 6) is -0.194. The fourth-order valence-corrected chi connectivity index (χ4v) is 7.33. The summed E-state index contributed by atoms with van der Waals surface area (Å²) in [5, 5.41) is 27.7. The summed E-state index contributed by atoms with van der Waals surface area (Å²) in [4.78, 5) is -0.977. The molecule has 2 atom stereocenters. The first kappa shape index (κ1) is 25.9. The first-order valence-electron chi connectivity index (χ1n) is 9.53. The van der Waals surface area contributed by atoms with Crippen molar-refractivity contribution in [2.75, 3.05) is 26.8 Å². The molecule has 9 nitrogen and oxygen atoms in total. The molecule has 34 heavy (non-hydrogen) atoms. The van der Waals surface area contributed by atoms with E-state index in [1.165, 1.54) is 13.2 Å². The van der Waals surface area contributed by atoms with Crippen LogP contribution in [-0.4, -0.2) is 69.0 Å². The van der Waals surface area contributed by atoms with Crippen molar-refractivity contribution < 1.29 is 45.0 Å². The number of benzene rings is 2. The third kappa shape index (κ3) is 4.49. The zero-order valence-electron chi connectivity index (χ0n) is 17.5. The number of methoxy groups -OCH3 is 1. The molecule has 0 radical (unpaired) electrons. The van der Waals surface area contributed by atoms with Gasteiger partial charge in [-0.15, -0.1) is 0 Å². The maximum atomic E-state index is 13.2. The van der Waals surface area contributed by atoms with E-state index in [1.54, 1.807) is 0 Å². The van der Waals surface area contributed by atoms with Crippen LogP contribution in [0.5, 0.6) is 5.75 Å². The topological polar surface area (TPSA) is 145 Å². The van der Waals surface area contributed by atoms with Crippen LogP contribution in [0.2, 0.25) is 0 Å². The molecule has 1 aliphatic rings. The van der Waals surface area contributed by atoms with Crippen molar-refractivity contribution in [2.24, 2.45) is 0 Å². The van der Waals surface area contributed by atoms with Crippen LogP contribution in [0, 0.1) is 11.3 Å². The summed E-state index contributed by atoms with van der Waals surface area (Å²) in [6.45, 7) is -2.72. The molecule has 0 bridgehead atoms. The smallest absolute Gasteiger partial charge is 0.416 e. The van der Waals surface area contributed by atoms with Crippen molar-refractivity contribution in [3.05, 3.63) is 53.6 Å². The van der Waals surface area contributed by atoms with E-state index < -0.39 is 71.9 Å². The molecule has 0 aromatic heterocycles. The minimum atomic E-state index is -4.70. The fraction of sp³-hybridized carbons (Fsp3) is 0.350. The SMILES string of the molecule is COc1cc(C#N)ccc1S(=O)(=O)N1CC(S(=O)(=O)c2ccc(C(F)(F)F)cc2)[C@](O)(CO)C1. The highest BCUT2D eigenvalue weighted by molar-refractivity contribution is 7.92. The average Bonchev–Trinajstić information content (AvgIpc) is 3.17. The molecule has 1 unspecified atom stereocenters. The molecule has 184 valence electrons. The number of ether oxygens (including phenoxy) is 1. The summed E-state index contributed by atoms with van der Waals surface area (Å²) in [5.41, 5.74) is -3.42. The Morgan fingerprint density at radius 2 is 1.79 bits per heavy atom. The Hall–Kier alpha value is -2.70. The number of alkyl halides is 3. The van der Waals surface area contributed by atoms with Gasteiger partial charge in [0.25, 0.3) is 0 Å². The minimum absolute atomic E-state index is 0.104. The number of aliphatic hydroxyl groups is 2. The van der Waals surface area contributed by atoms with E-state index in [0.717, 1.165) is 12.1 Å². The van der Waals surface area contributed by atoms with E-state index in [1.807, 2.05) is 6.07 Å². The predicted octanol–water partition coefficient (Wildman–Crippen LogP) is 1.16. The van der Waals surface area contributed by atoms with Crippen molar-refractivity contribution in [1.29, 1.82) is 5.26 Å². The predicted molar refractivity (Wildman–Crippen MR) is 111 cm³/mol. The largest absolute Gasteiger partial charge is 0.495 e. The van der Waals surface area contributed by atoms with Crippen LogP contribution in [-0.2, 0) is 26.0 Å². The Balaban J connectivity index is 2.02. The van der Waals surface area contributed by atoms with Crippen LogP contribution in [0.25, 0.3) is 0 Å². The van der Waals surface area contributed by atoms with Gasteiger partial charge in [0, 0.05) is 13.1 Å². The fourth-order valence-electron chi connectivity index (χ4n) is 3.64. The first-order chi connectivity index (χ1) is 15.7. The molecule has 0 spiro atoms. The Morgan fingerprint density at radius 1 is 1.18 bits per heavy atom. The van der Waals surface area contributed by atoms with Gasteiger partial charge in [-0.05, 0) is 42.5 Å². The van der Waals surface area contributed by atoms with Crippen molar-refractivity contribution in [1.82, 2.24) is 4.31 Å². The summed E-state index contributed by atoms with van der Waals surface area (Å²) in [6, 6.07) is 7.79. The highest BCUT2D eigenvalue weighted by Crippen LogP contribution is 2.37. The molecule has 0 aliphatic carbocycles. The van der Waals surface area contributed by atoms with Crippen LogP contribution in [0.3, 0.4) is 0 Å². The number of nitrogens with zero attached hydrogens (tertiary/aromatic N) is 2. The lowest BCUT2D eigenvalue weighted by molar-refractivity contribution is -0.137. The Morgan fingerprint density at radius 3 is 2.29 bits per heavy atom. The summed E-state index contributed by atoms with van der Waals surface area (Å²) in [7, 11) is -7.89. The number of nitriles is 1. The van der Waals surface area contributed by atoms with Crippen molar-refractivity contribution in [3.8, 4) is 11.8 Å². The zero-order valence-corrected chi connectivity index (χ0v) is 19.2. The van der Waals surface area contributed by atoms with Gasteiger partial charge in [-0.3, -0.25) is 0 Å². The van der Waals surface area contributed by atoms with Crippen LogP contribution < -0.4 is 4.74 Å². The van der Waals surface area contributed by atoms with E-state index in [9.17, 15) is 40.2 Å². The van der Waals surface area contributed by atoms with Crippen LogP contribution in [0.4, 0.5) is 13.2 Å². The van der Waals surface area contributed by atoms with Crippen molar-refractivity contribution in [2.45, 2.75) is 26.8 Å². The summed E-state index contributed by atoms with van der Waals surface area (Å²) < 4.78 is 96.9. The van der Waals surface area contributed by atoms with Crippen molar-refractivity contribution >= 4 is 19.9 Å². The number of aliphatic hydroxyl groups excluding tert-OH is 1. The van der Waals surface area contributed by atoms with Crippen LogP contribution in [0.15, 0.2) is 52.3 Å². The molecular weight excluding hydrogens is 501 g/mol. The van der Waals surface area contributed by atoms with Crippen LogP contribution in [0.1, 0.15) is 11.1 Å². The number of rotatable bonds is 6. The van der Waals surface area contributed by atoms with E-state index >= 15 is 0 Å². The van der Waals surface area contributed by atoms with Crippen LogP contribution >= 0.6 is 0 Å². The molecule has 2 aromatic rings. The molecule has 3 rings (SSSR count). The van der Waals surface area contributed by atoms with Gasteiger partial charge in [0.2, 0.25) is 10.0 Å². The lowest BCUT2D eigenvalue weighted by Crippen LogP contribution is -2.49. The number of sulfone groups is 1. The third-order valence-corrected chi connectivity index (χ3v) is 9.61. The molecule has 1 aliphatic heterocycles. The number of hydrogen-bond donors (Lipinski definition) is 2. The normalized spacial score (nSPS) is 21.9. The highest BCUT2D eigenvalue weighted by atomic mass is 32.2. The van der Waals surface area contributed by atoms with E-state index in [-0.39, 0.29) is 11.3 Å². The molecule has 2 aromatic carbocycles. The lowest BCUT2D eigenvalue weighted by atomic mass is 10.1. The Kier molecular flexibility index (Phi) is 6.72. The molecule has 1 fully saturated rings. The number of sulfonamides is 1. The van der Waals surface area contributed by atoms with Gasteiger partial charge < -0.3 is 14.9 Å². The molecule has 0 amide bonds. The second kappa shape index (κ2) is 8.82. The van der Waals surface area contributed by atoms with E-state index in [4.69, 9.17) is 10.00 Å². The molecule has 1 heterocycles. The molecule has 0 saturated carbocycles. The molecule has 2 N–H and O–H groups in total. The third-order valence-electron chi connectivity index (χ3n) is 5.49. The Bertz CT molecular complexity index is 1340. The maximum absolute atomic E-state index is 13.2. The number of β-amino-alcohol motifs (C(OH)–C–C–N with tert-alkyl or cyclic N) is 1. The highest BCUT2D eigenvalue weighted by Gasteiger charge is 2.55. The van der Waals surface area contributed by atoms with Crippen molar-refractivity contribution in [3.63, 3.8) is 0 Å². The summed E-state index contributed by atoms with van der Waals surface area (Å²) >= 11 is 0. The van der Waals surface area contributed by atoms with Gasteiger partial charge >= 0.3 is 6.18 Å². The number of halogens is 3. The molecule has 1 saturated heterocycles. The first-order valence-corrected chi connectivity index (χ1v) is 12.5. The standard InChI is InChI=1S/C20H19F3N2O7S2/c1-32-16-8-13(9-24)2-7-17(16)34(30,31)25-10-18(19(27,11-25)12-26)33(28,29)15-5-3-14(4-6-15)20(21,22)23/h2-8,18,26-27H,10-12H2,1H3/t18?,19-/m1/s1. The van der Waals surface area contributed by atoms with E-state index in [2.05, 4.69) is 0 Å². The quantitative estimate of drug-likeness (QED) is 0.577. The molecular formula is C20H19F3N2O7S2. The Labute approximate surface area is 193 Å². The second-order valence-electron chi connectivity index (χ2n) is 7.59.